The molecule has 2 aromatic rings. The summed E-state index contributed by atoms with van der Waals surface area (Å²) < 4.78 is 4.89. The minimum absolute atomic E-state index is 0.0542. The van der Waals surface area contributed by atoms with Crippen LogP contribution in [-0.4, -0.2) is 10.1 Å². The number of aryl methyl sites for hydroxylation is 1. The number of benzene rings is 1. The summed E-state index contributed by atoms with van der Waals surface area (Å²) >= 11 is 12.0. The van der Waals surface area contributed by atoms with Crippen molar-refractivity contribution in [1.82, 2.24) is 5.16 Å². The number of rotatable bonds is 3. The first kappa shape index (κ1) is 13.6. The van der Waals surface area contributed by atoms with Gasteiger partial charge in [-0.3, -0.25) is 10.1 Å². The Morgan fingerprint density at radius 3 is 2.53 bits per heavy atom. The van der Waals surface area contributed by atoms with Gasteiger partial charge in [0, 0.05) is 15.6 Å². The van der Waals surface area contributed by atoms with Crippen molar-refractivity contribution in [2.24, 2.45) is 0 Å². The van der Waals surface area contributed by atoms with E-state index in [1.807, 2.05) is 0 Å². The molecule has 2 rings (SSSR count). The first-order chi connectivity index (χ1) is 9.00. The third kappa shape index (κ3) is 2.77. The van der Waals surface area contributed by atoms with E-state index in [2.05, 4.69) is 5.16 Å². The van der Waals surface area contributed by atoms with E-state index in [-0.39, 0.29) is 17.1 Å². The zero-order valence-corrected chi connectivity index (χ0v) is 11.3. The normalized spacial score (nSPS) is 11.1. The van der Waals surface area contributed by atoms with Gasteiger partial charge in [-0.2, -0.15) is 0 Å². The van der Waals surface area contributed by atoms with Crippen LogP contribution in [0.3, 0.4) is 0 Å². The molecule has 0 saturated carbocycles. The van der Waals surface area contributed by atoms with Crippen molar-refractivity contribution in [1.29, 1.82) is 0 Å². The summed E-state index contributed by atoms with van der Waals surface area (Å²) in [6.07, 6.45) is 2.98. The molecule has 5 nitrogen and oxygen atoms in total. The summed E-state index contributed by atoms with van der Waals surface area (Å²) in [5.74, 6) is 0.0542. The van der Waals surface area contributed by atoms with Crippen LogP contribution in [0.2, 0.25) is 10.0 Å². The van der Waals surface area contributed by atoms with E-state index in [0.29, 0.717) is 15.6 Å². The van der Waals surface area contributed by atoms with E-state index in [1.54, 1.807) is 24.3 Å². The second-order valence-corrected chi connectivity index (χ2v) is 4.52. The van der Waals surface area contributed by atoms with Gasteiger partial charge in [-0.15, -0.1) is 0 Å². The SMILES string of the molecule is Cc1noc(C=Cc2c(Cl)cccc2Cl)c1[N+](=O)[O-]. The molecule has 0 amide bonds. The lowest BCUT2D eigenvalue weighted by atomic mass is 10.2. The summed E-state index contributed by atoms with van der Waals surface area (Å²) in [5.41, 5.74) is 0.614. The quantitative estimate of drug-likeness (QED) is 0.623. The van der Waals surface area contributed by atoms with Crippen LogP contribution in [0, 0.1) is 17.0 Å². The summed E-state index contributed by atoms with van der Waals surface area (Å²) in [6, 6.07) is 5.06. The van der Waals surface area contributed by atoms with Crippen LogP contribution in [0.1, 0.15) is 17.0 Å². The molecule has 1 heterocycles. The average molecular weight is 299 g/mol. The second kappa shape index (κ2) is 5.42. The van der Waals surface area contributed by atoms with E-state index in [9.17, 15) is 10.1 Å². The lowest BCUT2D eigenvalue weighted by Crippen LogP contribution is -1.90. The van der Waals surface area contributed by atoms with Crippen LogP contribution in [0.15, 0.2) is 22.7 Å². The van der Waals surface area contributed by atoms with Crippen LogP contribution in [0.25, 0.3) is 12.2 Å². The third-order valence-electron chi connectivity index (χ3n) is 2.44. The number of nitrogens with zero attached hydrogens (tertiary/aromatic N) is 2. The zero-order chi connectivity index (χ0) is 14.0. The highest BCUT2D eigenvalue weighted by Gasteiger charge is 2.22. The minimum Gasteiger partial charge on any atom is -0.349 e. The van der Waals surface area contributed by atoms with Crippen molar-refractivity contribution >= 4 is 41.0 Å². The monoisotopic (exact) mass is 298 g/mol. The van der Waals surface area contributed by atoms with Gasteiger partial charge in [0.05, 0.1) is 4.92 Å². The van der Waals surface area contributed by atoms with Crippen LogP contribution in [0.5, 0.6) is 0 Å². The number of halogens is 2. The zero-order valence-electron chi connectivity index (χ0n) is 9.76. The van der Waals surface area contributed by atoms with Gasteiger partial charge >= 0.3 is 5.69 Å². The Bertz CT molecular complexity index is 645. The van der Waals surface area contributed by atoms with Gasteiger partial charge in [0.2, 0.25) is 5.76 Å². The number of hydrogen-bond donors (Lipinski definition) is 0. The first-order valence-corrected chi connectivity index (χ1v) is 5.99. The van der Waals surface area contributed by atoms with Gasteiger partial charge in [-0.25, -0.2) is 0 Å². The van der Waals surface area contributed by atoms with E-state index in [1.165, 1.54) is 13.0 Å². The van der Waals surface area contributed by atoms with Crippen molar-refractivity contribution in [3.05, 3.63) is 55.4 Å². The van der Waals surface area contributed by atoms with Crippen molar-refractivity contribution in [2.45, 2.75) is 6.92 Å². The predicted molar refractivity (Wildman–Crippen MR) is 73.3 cm³/mol. The van der Waals surface area contributed by atoms with Crippen LogP contribution >= 0.6 is 23.2 Å². The third-order valence-corrected chi connectivity index (χ3v) is 3.10. The molecular formula is C12H8Cl2N2O3. The molecule has 1 aromatic carbocycles. The Morgan fingerprint density at radius 1 is 1.32 bits per heavy atom. The summed E-state index contributed by atoms with van der Waals surface area (Å²) in [6.45, 7) is 1.50. The fourth-order valence-corrected chi connectivity index (χ4v) is 2.07. The maximum atomic E-state index is 10.9. The molecule has 0 N–H and O–H groups in total. The lowest BCUT2D eigenvalue weighted by molar-refractivity contribution is -0.386. The second-order valence-electron chi connectivity index (χ2n) is 3.71. The van der Waals surface area contributed by atoms with Crippen molar-refractivity contribution in [2.75, 3.05) is 0 Å². The summed E-state index contributed by atoms with van der Waals surface area (Å²) in [4.78, 5) is 10.3. The molecule has 0 bridgehead atoms. The molecule has 7 heteroatoms. The van der Waals surface area contributed by atoms with E-state index < -0.39 is 4.92 Å². The molecule has 1 aromatic heterocycles. The van der Waals surface area contributed by atoms with E-state index in [0.717, 1.165) is 0 Å². The standard InChI is InChI=1S/C12H8Cl2N2O3/c1-7-12(16(17)18)11(19-15-7)6-5-8-9(13)3-2-4-10(8)14/h2-6H,1H3. The number of aromatic nitrogens is 1. The molecule has 0 fully saturated rings. The van der Waals surface area contributed by atoms with Gasteiger partial charge in [-0.05, 0) is 31.2 Å². The highest BCUT2D eigenvalue weighted by Crippen LogP contribution is 2.29. The minimum atomic E-state index is -0.542. The topological polar surface area (TPSA) is 69.2 Å². The van der Waals surface area contributed by atoms with E-state index >= 15 is 0 Å². The van der Waals surface area contributed by atoms with Gasteiger partial charge in [-0.1, -0.05) is 34.4 Å². The van der Waals surface area contributed by atoms with Crippen LogP contribution in [0.4, 0.5) is 5.69 Å². The van der Waals surface area contributed by atoms with Crippen molar-refractivity contribution in [3.63, 3.8) is 0 Å². The molecule has 0 radical (unpaired) electrons. The molecule has 0 saturated heterocycles. The maximum Gasteiger partial charge on any atom is 0.338 e. The first-order valence-electron chi connectivity index (χ1n) is 5.23. The molecule has 98 valence electrons. The van der Waals surface area contributed by atoms with Crippen molar-refractivity contribution in [3.8, 4) is 0 Å². The number of nitro groups is 1. The molecule has 0 unspecified atom stereocenters. The molecule has 0 aliphatic carbocycles. The molecule has 0 aliphatic rings. The van der Waals surface area contributed by atoms with Gasteiger partial charge in [0.15, 0.2) is 5.69 Å². The smallest absolute Gasteiger partial charge is 0.338 e. The predicted octanol–water partition coefficient (Wildman–Crippen LogP) is 4.37. The Balaban J connectivity index is 2.41. The number of hydrogen-bond acceptors (Lipinski definition) is 4. The fraction of sp³-hybridized carbons (Fsp3) is 0.0833. The highest BCUT2D eigenvalue weighted by molar-refractivity contribution is 6.37. The summed E-state index contributed by atoms with van der Waals surface area (Å²) in [5, 5.41) is 15.3. The molecule has 0 atom stereocenters. The molecule has 0 spiro atoms. The summed E-state index contributed by atoms with van der Waals surface area (Å²) in [7, 11) is 0. The molecular weight excluding hydrogens is 291 g/mol. The van der Waals surface area contributed by atoms with Gasteiger partial charge in [0.1, 0.15) is 0 Å². The highest BCUT2D eigenvalue weighted by atomic mass is 35.5. The van der Waals surface area contributed by atoms with Gasteiger partial charge in [0.25, 0.3) is 0 Å². The van der Waals surface area contributed by atoms with Crippen LogP contribution in [-0.2, 0) is 0 Å². The van der Waals surface area contributed by atoms with Crippen molar-refractivity contribution < 1.29 is 9.45 Å². The Morgan fingerprint density at radius 2 is 1.95 bits per heavy atom. The van der Waals surface area contributed by atoms with Crippen LogP contribution < -0.4 is 0 Å². The molecule has 0 aliphatic heterocycles. The fourth-order valence-electron chi connectivity index (χ4n) is 1.54. The largest absolute Gasteiger partial charge is 0.349 e. The van der Waals surface area contributed by atoms with Gasteiger partial charge < -0.3 is 4.52 Å². The maximum absolute atomic E-state index is 10.9. The van der Waals surface area contributed by atoms with E-state index in [4.69, 9.17) is 27.7 Å². The Hall–Kier alpha value is -1.85. The average Bonchev–Trinajstić information content (AvgIpc) is 2.70. The molecule has 19 heavy (non-hydrogen) atoms. The Labute approximate surface area is 118 Å². The lowest BCUT2D eigenvalue weighted by Gasteiger charge is -1.99. The Kier molecular flexibility index (Phi) is 3.87.